The lowest BCUT2D eigenvalue weighted by molar-refractivity contribution is 0.0773. The third kappa shape index (κ3) is 3.79. The largest absolute Gasteiger partial charge is 0.494 e. The maximum atomic E-state index is 14.0. The Bertz CT molecular complexity index is 706. The molecule has 2 aromatic rings. The van der Waals surface area contributed by atoms with Crippen molar-refractivity contribution in [3.63, 3.8) is 0 Å². The predicted octanol–water partition coefficient (Wildman–Crippen LogP) is 3.80. The lowest BCUT2D eigenvalue weighted by Crippen LogP contribution is -2.19. The average Bonchev–Trinajstić information content (AvgIpc) is 2.46. The van der Waals surface area contributed by atoms with E-state index in [1.165, 1.54) is 38.5 Å². The number of ether oxygens (including phenoxy) is 2. The molecule has 0 aliphatic heterocycles. The normalized spacial score (nSPS) is 11.4. The van der Waals surface area contributed by atoms with Gasteiger partial charge in [0.1, 0.15) is 0 Å². The molecular weight excluding hydrogens is 302 g/mol. The van der Waals surface area contributed by atoms with Crippen LogP contribution in [-0.4, -0.2) is 19.3 Å². The van der Waals surface area contributed by atoms with Gasteiger partial charge in [0.15, 0.2) is 23.1 Å². The zero-order valence-electron chi connectivity index (χ0n) is 13.6. The SMILES string of the molecule is COc1ccc(Cc2cc(F)c(OC)cc2C(C)(C)O)cc1F. The summed E-state index contributed by atoms with van der Waals surface area (Å²) in [5.74, 6) is -0.794. The molecule has 0 aliphatic rings. The highest BCUT2D eigenvalue weighted by Gasteiger charge is 2.23. The van der Waals surface area contributed by atoms with E-state index in [4.69, 9.17) is 9.47 Å². The Labute approximate surface area is 134 Å². The van der Waals surface area contributed by atoms with Crippen molar-refractivity contribution >= 4 is 0 Å². The van der Waals surface area contributed by atoms with Gasteiger partial charge >= 0.3 is 0 Å². The molecule has 3 nitrogen and oxygen atoms in total. The molecule has 0 unspecified atom stereocenters. The van der Waals surface area contributed by atoms with Crippen LogP contribution in [0.2, 0.25) is 0 Å². The smallest absolute Gasteiger partial charge is 0.165 e. The van der Waals surface area contributed by atoms with Gasteiger partial charge in [0.25, 0.3) is 0 Å². The summed E-state index contributed by atoms with van der Waals surface area (Å²) >= 11 is 0. The molecule has 0 heterocycles. The molecule has 0 bridgehead atoms. The number of halogens is 2. The van der Waals surface area contributed by atoms with Gasteiger partial charge in [-0.3, -0.25) is 0 Å². The van der Waals surface area contributed by atoms with Crippen molar-refractivity contribution in [2.24, 2.45) is 0 Å². The monoisotopic (exact) mass is 322 g/mol. The van der Waals surface area contributed by atoms with E-state index in [9.17, 15) is 13.9 Å². The lowest BCUT2D eigenvalue weighted by atomic mass is 9.89. The first kappa shape index (κ1) is 17.2. The average molecular weight is 322 g/mol. The van der Waals surface area contributed by atoms with Crippen molar-refractivity contribution in [3.8, 4) is 11.5 Å². The first-order valence-electron chi connectivity index (χ1n) is 7.18. The predicted molar refractivity (Wildman–Crippen MR) is 84.0 cm³/mol. The van der Waals surface area contributed by atoms with Crippen molar-refractivity contribution < 1.29 is 23.4 Å². The van der Waals surface area contributed by atoms with Gasteiger partial charge in [-0.1, -0.05) is 6.07 Å². The van der Waals surface area contributed by atoms with Gasteiger partial charge in [-0.15, -0.1) is 0 Å². The summed E-state index contributed by atoms with van der Waals surface area (Å²) in [5.41, 5.74) is 0.576. The molecular formula is C18H20F2O3. The van der Waals surface area contributed by atoms with Crippen LogP contribution in [0.15, 0.2) is 30.3 Å². The highest BCUT2D eigenvalue weighted by molar-refractivity contribution is 5.43. The van der Waals surface area contributed by atoms with Crippen LogP contribution in [0.4, 0.5) is 8.78 Å². The summed E-state index contributed by atoms with van der Waals surface area (Å²) in [7, 11) is 2.76. The first-order chi connectivity index (χ1) is 10.8. The molecule has 0 saturated heterocycles. The van der Waals surface area contributed by atoms with Crippen LogP contribution in [0.5, 0.6) is 11.5 Å². The van der Waals surface area contributed by atoms with Gasteiger partial charge in [0, 0.05) is 0 Å². The van der Waals surface area contributed by atoms with E-state index in [-0.39, 0.29) is 17.9 Å². The van der Waals surface area contributed by atoms with E-state index in [1.54, 1.807) is 19.9 Å². The van der Waals surface area contributed by atoms with Gasteiger partial charge in [-0.05, 0) is 61.2 Å². The third-order valence-electron chi connectivity index (χ3n) is 3.65. The van der Waals surface area contributed by atoms with Crippen LogP contribution in [-0.2, 0) is 12.0 Å². The minimum Gasteiger partial charge on any atom is -0.494 e. The molecule has 0 atom stereocenters. The van der Waals surface area contributed by atoms with Crippen molar-refractivity contribution in [3.05, 3.63) is 58.7 Å². The van der Waals surface area contributed by atoms with E-state index in [1.807, 2.05) is 0 Å². The maximum Gasteiger partial charge on any atom is 0.165 e. The molecule has 1 N–H and O–H groups in total. The number of hydrogen-bond acceptors (Lipinski definition) is 3. The van der Waals surface area contributed by atoms with Gasteiger partial charge in [-0.2, -0.15) is 0 Å². The van der Waals surface area contributed by atoms with Gasteiger partial charge in [0.2, 0.25) is 0 Å². The van der Waals surface area contributed by atoms with Crippen molar-refractivity contribution in [2.45, 2.75) is 25.9 Å². The molecule has 23 heavy (non-hydrogen) atoms. The second-order valence-electron chi connectivity index (χ2n) is 5.85. The third-order valence-corrected chi connectivity index (χ3v) is 3.65. The Morgan fingerprint density at radius 2 is 1.57 bits per heavy atom. The zero-order valence-corrected chi connectivity index (χ0v) is 13.6. The Balaban J connectivity index is 2.46. The zero-order chi connectivity index (χ0) is 17.2. The van der Waals surface area contributed by atoms with Crippen LogP contribution in [0, 0.1) is 11.6 Å². The van der Waals surface area contributed by atoms with Crippen LogP contribution in [0.25, 0.3) is 0 Å². The van der Waals surface area contributed by atoms with E-state index in [2.05, 4.69) is 0 Å². The Morgan fingerprint density at radius 1 is 0.957 bits per heavy atom. The fourth-order valence-electron chi connectivity index (χ4n) is 2.51. The molecule has 0 spiro atoms. The molecule has 124 valence electrons. The highest BCUT2D eigenvalue weighted by atomic mass is 19.1. The summed E-state index contributed by atoms with van der Waals surface area (Å²) < 4.78 is 37.7. The number of aliphatic hydroxyl groups is 1. The quantitative estimate of drug-likeness (QED) is 0.910. The fourth-order valence-corrected chi connectivity index (χ4v) is 2.51. The van der Waals surface area contributed by atoms with Gasteiger partial charge in [0.05, 0.1) is 19.8 Å². The molecule has 2 aromatic carbocycles. The Morgan fingerprint density at radius 3 is 2.09 bits per heavy atom. The summed E-state index contributed by atoms with van der Waals surface area (Å²) in [5, 5.41) is 10.3. The molecule has 0 amide bonds. The van der Waals surface area contributed by atoms with Crippen LogP contribution in [0.3, 0.4) is 0 Å². The standard InChI is InChI=1S/C18H20F2O3/c1-18(2,21)13-10-17(23-4)15(20)9-12(13)7-11-5-6-16(22-3)14(19)8-11/h5-6,8-10,21H,7H2,1-4H3. The highest BCUT2D eigenvalue weighted by Crippen LogP contribution is 2.32. The van der Waals surface area contributed by atoms with Crippen LogP contribution in [0.1, 0.15) is 30.5 Å². The molecule has 5 heteroatoms. The van der Waals surface area contributed by atoms with Crippen molar-refractivity contribution in [1.82, 2.24) is 0 Å². The van der Waals surface area contributed by atoms with E-state index in [0.29, 0.717) is 16.7 Å². The van der Waals surface area contributed by atoms with Crippen molar-refractivity contribution in [2.75, 3.05) is 14.2 Å². The minimum atomic E-state index is -1.18. The fraction of sp³-hybridized carbons (Fsp3) is 0.333. The van der Waals surface area contributed by atoms with Crippen LogP contribution < -0.4 is 9.47 Å². The minimum absolute atomic E-state index is 0.0618. The Hall–Kier alpha value is -2.14. The summed E-state index contributed by atoms with van der Waals surface area (Å²) in [4.78, 5) is 0. The molecule has 0 saturated carbocycles. The summed E-state index contributed by atoms with van der Waals surface area (Å²) in [6.07, 6.45) is 0.279. The second-order valence-corrected chi connectivity index (χ2v) is 5.85. The van der Waals surface area contributed by atoms with E-state index in [0.717, 1.165) is 0 Å². The molecule has 0 radical (unpaired) electrons. The molecule has 0 aromatic heterocycles. The van der Waals surface area contributed by atoms with Crippen LogP contribution >= 0.6 is 0 Å². The topological polar surface area (TPSA) is 38.7 Å². The second kappa shape index (κ2) is 6.54. The Kier molecular flexibility index (Phi) is 4.90. The molecule has 0 aliphatic carbocycles. The number of hydrogen-bond donors (Lipinski definition) is 1. The van der Waals surface area contributed by atoms with Gasteiger partial charge in [-0.25, -0.2) is 8.78 Å². The van der Waals surface area contributed by atoms with E-state index >= 15 is 0 Å². The van der Waals surface area contributed by atoms with Crippen molar-refractivity contribution in [1.29, 1.82) is 0 Å². The maximum absolute atomic E-state index is 14.0. The summed E-state index contributed by atoms with van der Waals surface area (Å²) in [6.45, 7) is 3.22. The summed E-state index contributed by atoms with van der Waals surface area (Å²) in [6, 6.07) is 7.36. The molecule has 0 fully saturated rings. The number of rotatable bonds is 5. The van der Waals surface area contributed by atoms with E-state index < -0.39 is 17.2 Å². The number of benzene rings is 2. The number of methoxy groups -OCH3 is 2. The lowest BCUT2D eigenvalue weighted by Gasteiger charge is -2.23. The first-order valence-corrected chi connectivity index (χ1v) is 7.18. The van der Waals surface area contributed by atoms with Gasteiger partial charge < -0.3 is 14.6 Å². The molecule has 2 rings (SSSR count).